The molecule has 0 aliphatic carbocycles. The van der Waals surface area contributed by atoms with Gasteiger partial charge in [-0.05, 0) is 76.0 Å². The first-order valence-corrected chi connectivity index (χ1v) is 17.1. The number of halogens is 1. The highest BCUT2D eigenvalue weighted by Crippen LogP contribution is 2.35. The number of pyridine rings is 1. The standard InChI is InChI=1S/C32H38FN4O3P/c1-22-7-10-29-30(17-22)37(19-25-13-16-39-25)31(34-29)20-36-14-11-23(12-15-36)28-5-4-6-32(35-28)40-21-24-8-9-26(18-27(24)33)41(2,3)38/h4-10,17-18,23,25H,11-16,19-21H2,1-3H3/p+1/t25-/m0/s1. The van der Waals surface area contributed by atoms with E-state index in [1.807, 2.05) is 12.1 Å². The largest absolute Gasteiger partial charge is 0.473 e. The van der Waals surface area contributed by atoms with E-state index in [0.717, 1.165) is 57.7 Å². The summed E-state index contributed by atoms with van der Waals surface area (Å²) in [4.78, 5) is 11.0. The molecule has 2 aliphatic heterocycles. The van der Waals surface area contributed by atoms with Crippen LogP contribution in [0.1, 0.15) is 47.8 Å². The smallest absolute Gasteiger partial charge is 0.269 e. The number of imidazole rings is 1. The summed E-state index contributed by atoms with van der Waals surface area (Å²) in [5.74, 6) is 1.68. The lowest BCUT2D eigenvalue weighted by atomic mass is 9.93. The van der Waals surface area contributed by atoms with Crippen molar-refractivity contribution in [3.8, 4) is 5.88 Å². The van der Waals surface area contributed by atoms with Gasteiger partial charge in [-0.25, -0.2) is 18.9 Å². The number of hydrogen-bond donors (Lipinski definition) is 1. The number of benzene rings is 2. The van der Waals surface area contributed by atoms with Crippen molar-refractivity contribution in [2.45, 2.75) is 57.9 Å². The molecule has 0 unspecified atom stereocenters. The van der Waals surface area contributed by atoms with Gasteiger partial charge in [-0.2, -0.15) is 0 Å². The van der Waals surface area contributed by atoms with Crippen LogP contribution in [-0.2, 0) is 29.0 Å². The van der Waals surface area contributed by atoms with E-state index in [4.69, 9.17) is 14.5 Å². The number of aromatic nitrogens is 3. The summed E-state index contributed by atoms with van der Waals surface area (Å²) in [6.45, 7) is 10.1. The van der Waals surface area contributed by atoms with Gasteiger partial charge in [-0.3, -0.25) is 4.90 Å². The summed E-state index contributed by atoms with van der Waals surface area (Å²) < 4.78 is 40.9. The molecule has 2 aromatic heterocycles. The number of fused-ring (bicyclic) bond motifs is 1. The second-order valence-electron chi connectivity index (χ2n) is 11.9. The predicted molar refractivity (Wildman–Crippen MR) is 159 cm³/mol. The van der Waals surface area contributed by atoms with Crippen LogP contribution in [0.15, 0.2) is 54.6 Å². The molecular weight excluding hydrogens is 538 g/mol. The zero-order valence-electron chi connectivity index (χ0n) is 24.1. The third-order valence-corrected chi connectivity index (χ3v) is 9.91. The number of hydrogen-bond acceptors (Lipinski definition) is 5. The molecule has 4 aromatic rings. The Balaban J connectivity index is 1.08. The maximum Gasteiger partial charge on any atom is 0.269 e. The number of ether oxygens (including phenoxy) is 2. The van der Waals surface area contributed by atoms with E-state index in [2.05, 4.69) is 45.6 Å². The van der Waals surface area contributed by atoms with E-state index in [1.54, 1.807) is 25.5 Å². The number of aryl methyl sites for hydroxylation is 1. The van der Waals surface area contributed by atoms with Crippen molar-refractivity contribution in [2.24, 2.45) is 0 Å². The van der Waals surface area contributed by atoms with Crippen LogP contribution in [0, 0.1) is 12.7 Å². The van der Waals surface area contributed by atoms with Gasteiger partial charge in [0, 0.05) is 41.6 Å². The molecule has 0 radical (unpaired) electrons. The fraction of sp³-hybridized carbons (Fsp3) is 0.438. The average molecular weight is 578 g/mol. The summed E-state index contributed by atoms with van der Waals surface area (Å²) in [7, 11) is -2.51. The predicted octanol–water partition coefficient (Wildman–Crippen LogP) is 5.29. The SMILES string of the molecule is Cc1ccc2[nH]c(CN3CCC(c4cccc(OCc5ccc(P(C)(C)=O)cc5F)n4)CC3)[n+](C[C@@H]3CCO3)c2c1. The fourth-order valence-corrected chi connectivity index (χ4v) is 6.64. The Bertz CT molecular complexity index is 1590. The lowest BCUT2D eigenvalue weighted by Gasteiger charge is -2.31. The molecular formula is C32H39FN4O3P+. The maximum absolute atomic E-state index is 14.6. The summed E-state index contributed by atoms with van der Waals surface area (Å²) in [5.41, 5.74) is 5.13. The first-order chi connectivity index (χ1) is 19.7. The van der Waals surface area contributed by atoms with E-state index in [1.165, 1.54) is 28.5 Å². The van der Waals surface area contributed by atoms with Crippen molar-refractivity contribution in [3.63, 3.8) is 0 Å². The number of H-pyrrole nitrogens is 1. The Morgan fingerprint density at radius 2 is 1.93 bits per heavy atom. The highest BCUT2D eigenvalue weighted by molar-refractivity contribution is 7.70. The Morgan fingerprint density at radius 3 is 2.63 bits per heavy atom. The molecule has 216 valence electrons. The molecule has 0 bridgehead atoms. The fourth-order valence-electron chi connectivity index (χ4n) is 5.78. The minimum absolute atomic E-state index is 0.0780. The van der Waals surface area contributed by atoms with Gasteiger partial charge in [0.1, 0.15) is 32.7 Å². The molecule has 4 heterocycles. The van der Waals surface area contributed by atoms with Crippen molar-refractivity contribution in [3.05, 3.63) is 83.1 Å². The van der Waals surface area contributed by atoms with Crippen LogP contribution in [0.2, 0.25) is 0 Å². The minimum Gasteiger partial charge on any atom is -0.473 e. The zero-order chi connectivity index (χ0) is 28.6. The number of nitrogens with zero attached hydrogens (tertiary/aromatic N) is 3. The normalized spacial score (nSPS) is 18.5. The van der Waals surface area contributed by atoms with Crippen LogP contribution in [0.4, 0.5) is 4.39 Å². The summed E-state index contributed by atoms with van der Waals surface area (Å²) in [6, 6.07) is 17.2. The average Bonchev–Trinajstić information content (AvgIpc) is 3.25. The van der Waals surface area contributed by atoms with Crippen molar-refractivity contribution >= 4 is 23.5 Å². The van der Waals surface area contributed by atoms with E-state index in [9.17, 15) is 8.96 Å². The molecule has 0 saturated carbocycles. The molecule has 6 rings (SSSR count). The van der Waals surface area contributed by atoms with E-state index in [-0.39, 0.29) is 6.61 Å². The topological polar surface area (TPSA) is 71.3 Å². The number of nitrogens with one attached hydrogen (secondary N) is 1. The lowest BCUT2D eigenvalue weighted by Crippen LogP contribution is -2.48. The molecule has 1 N–H and O–H groups in total. The first kappa shape index (κ1) is 28.1. The van der Waals surface area contributed by atoms with Crippen LogP contribution >= 0.6 is 7.14 Å². The first-order valence-electron chi connectivity index (χ1n) is 14.5. The molecule has 0 amide bonds. The molecule has 41 heavy (non-hydrogen) atoms. The van der Waals surface area contributed by atoms with Gasteiger partial charge in [0.05, 0.1) is 6.10 Å². The van der Waals surface area contributed by atoms with Gasteiger partial charge in [0.25, 0.3) is 5.82 Å². The monoisotopic (exact) mass is 577 g/mol. The number of rotatable bonds is 9. The van der Waals surface area contributed by atoms with E-state index in [0.29, 0.717) is 28.8 Å². The Morgan fingerprint density at radius 1 is 1.12 bits per heavy atom. The van der Waals surface area contributed by atoms with Gasteiger partial charge in [-0.1, -0.05) is 24.3 Å². The van der Waals surface area contributed by atoms with Gasteiger partial charge >= 0.3 is 0 Å². The Hall–Kier alpha value is -3.06. The summed E-state index contributed by atoms with van der Waals surface area (Å²) in [6.07, 6.45) is 3.46. The van der Waals surface area contributed by atoms with Crippen LogP contribution in [-0.4, -0.2) is 54.0 Å². The number of piperidine rings is 1. The van der Waals surface area contributed by atoms with Gasteiger partial charge in [0.2, 0.25) is 5.88 Å². The second kappa shape index (κ2) is 11.7. The van der Waals surface area contributed by atoms with Crippen LogP contribution in [0.3, 0.4) is 0 Å². The minimum atomic E-state index is -2.51. The maximum atomic E-state index is 14.6. The highest BCUT2D eigenvalue weighted by Gasteiger charge is 2.29. The quantitative estimate of drug-likeness (QED) is 0.216. The molecule has 7 nitrogen and oxygen atoms in total. The summed E-state index contributed by atoms with van der Waals surface area (Å²) in [5, 5.41) is 0.534. The van der Waals surface area contributed by atoms with Crippen molar-refractivity contribution in [1.29, 1.82) is 0 Å². The van der Waals surface area contributed by atoms with Crippen molar-refractivity contribution < 1.29 is 23.0 Å². The molecule has 2 aliphatic rings. The van der Waals surface area contributed by atoms with Crippen LogP contribution < -0.4 is 14.6 Å². The zero-order valence-corrected chi connectivity index (χ0v) is 25.0. The van der Waals surface area contributed by atoms with E-state index >= 15 is 0 Å². The molecule has 9 heteroatoms. The summed E-state index contributed by atoms with van der Waals surface area (Å²) >= 11 is 0. The van der Waals surface area contributed by atoms with Gasteiger partial charge < -0.3 is 14.0 Å². The Kier molecular flexibility index (Phi) is 7.99. The van der Waals surface area contributed by atoms with Crippen LogP contribution in [0.25, 0.3) is 11.0 Å². The van der Waals surface area contributed by atoms with Gasteiger partial charge in [-0.15, -0.1) is 0 Å². The molecule has 2 aromatic carbocycles. The highest BCUT2D eigenvalue weighted by atomic mass is 31.2. The lowest BCUT2D eigenvalue weighted by molar-refractivity contribution is -0.690. The Labute approximate surface area is 241 Å². The van der Waals surface area contributed by atoms with E-state index < -0.39 is 13.0 Å². The number of likely N-dealkylation sites (tertiary alicyclic amines) is 1. The van der Waals surface area contributed by atoms with Crippen molar-refractivity contribution in [1.82, 2.24) is 14.9 Å². The third kappa shape index (κ3) is 6.40. The third-order valence-electron chi connectivity index (χ3n) is 8.39. The second-order valence-corrected chi connectivity index (χ2v) is 15.1. The van der Waals surface area contributed by atoms with Gasteiger partial charge in [0.15, 0.2) is 11.0 Å². The molecule has 0 spiro atoms. The molecule has 1 atom stereocenters. The van der Waals surface area contributed by atoms with Crippen molar-refractivity contribution in [2.75, 3.05) is 33.0 Å². The molecule has 2 fully saturated rings. The van der Waals surface area contributed by atoms with Crippen LogP contribution in [0.5, 0.6) is 5.88 Å². The number of aromatic amines is 1. The molecule has 2 saturated heterocycles.